The molecule has 3 heterocycles. The van der Waals surface area contributed by atoms with Crippen molar-refractivity contribution in [3.63, 3.8) is 0 Å². The summed E-state index contributed by atoms with van der Waals surface area (Å²) in [7, 11) is 0. The molecule has 2 aliphatic rings. The first-order valence-electron chi connectivity index (χ1n) is 9.74. The van der Waals surface area contributed by atoms with Crippen LogP contribution in [-0.2, 0) is 21.6 Å². The second kappa shape index (κ2) is 7.06. The second-order valence-corrected chi connectivity index (χ2v) is 9.69. The largest absolute Gasteiger partial charge is 0.376 e. The van der Waals surface area contributed by atoms with E-state index in [0.29, 0.717) is 43.1 Å². The van der Waals surface area contributed by atoms with Crippen LogP contribution in [-0.4, -0.2) is 46.3 Å². The molecule has 2 aromatic rings. The van der Waals surface area contributed by atoms with Crippen molar-refractivity contribution in [1.82, 2.24) is 14.7 Å². The molecule has 7 nitrogen and oxygen atoms in total. The van der Waals surface area contributed by atoms with Crippen LogP contribution < -0.4 is 5.73 Å². The summed E-state index contributed by atoms with van der Waals surface area (Å²) in [5.74, 6) is -1.22. The van der Waals surface area contributed by atoms with Crippen LogP contribution in [0, 0.1) is 11.2 Å². The van der Waals surface area contributed by atoms with Gasteiger partial charge in [0, 0.05) is 12.0 Å². The number of ether oxygens (including phenoxy) is 1. The van der Waals surface area contributed by atoms with Crippen molar-refractivity contribution in [2.75, 3.05) is 19.8 Å². The monoisotopic (exact) mass is 434 g/mol. The highest BCUT2D eigenvalue weighted by molar-refractivity contribution is 6.31. The molecule has 160 valence electrons. The standard InChI is InChI=1S/C21H24ClFN4O3/c1-20(2,3)7-16(28)26-8-15-17(19(24)29)18(12-4-5-14(23)13(22)6-12)25-27(15)21(9-26)10-30-11-21/h4-6H,7-11H2,1-3H3,(H2,24,29). The molecule has 0 unspecified atom stereocenters. The third kappa shape index (κ3) is 3.48. The van der Waals surface area contributed by atoms with Gasteiger partial charge >= 0.3 is 0 Å². The Morgan fingerprint density at radius 3 is 2.57 bits per heavy atom. The van der Waals surface area contributed by atoms with E-state index < -0.39 is 17.3 Å². The molecule has 30 heavy (non-hydrogen) atoms. The van der Waals surface area contributed by atoms with Crippen LogP contribution in [0.2, 0.25) is 5.02 Å². The van der Waals surface area contributed by atoms with Crippen molar-refractivity contribution in [3.8, 4) is 11.3 Å². The lowest BCUT2D eigenvalue weighted by molar-refractivity contribution is -0.154. The van der Waals surface area contributed by atoms with Crippen LogP contribution in [0.5, 0.6) is 0 Å². The molecule has 1 spiro atoms. The van der Waals surface area contributed by atoms with Gasteiger partial charge in [0.2, 0.25) is 5.91 Å². The predicted molar refractivity (Wildman–Crippen MR) is 109 cm³/mol. The number of fused-ring (bicyclic) bond motifs is 2. The molecule has 0 saturated carbocycles. The smallest absolute Gasteiger partial charge is 0.252 e. The van der Waals surface area contributed by atoms with Crippen LogP contribution >= 0.6 is 11.6 Å². The van der Waals surface area contributed by atoms with Gasteiger partial charge in [-0.15, -0.1) is 0 Å². The quantitative estimate of drug-likeness (QED) is 0.804. The highest BCUT2D eigenvalue weighted by atomic mass is 35.5. The van der Waals surface area contributed by atoms with Crippen molar-refractivity contribution in [3.05, 3.63) is 40.3 Å². The molecule has 0 atom stereocenters. The van der Waals surface area contributed by atoms with Gasteiger partial charge in [-0.05, 0) is 23.6 Å². The molecule has 2 N–H and O–H groups in total. The van der Waals surface area contributed by atoms with Gasteiger partial charge in [-0.3, -0.25) is 14.3 Å². The molecule has 4 rings (SSSR count). The van der Waals surface area contributed by atoms with Crippen molar-refractivity contribution in [1.29, 1.82) is 0 Å². The number of primary amides is 1. The molecule has 1 saturated heterocycles. The molecule has 0 radical (unpaired) electrons. The SMILES string of the molecule is CC(C)(C)CC(=O)N1Cc2c(C(N)=O)c(-c3ccc(F)c(Cl)c3)nn2C2(COC2)C1. The molecule has 2 amide bonds. The maximum atomic E-state index is 13.7. The molecule has 2 aliphatic heterocycles. The summed E-state index contributed by atoms with van der Waals surface area (Å²) in [6.07, 6.45) is 0.379. The molecular weight excluding hydrogens is 411 g/mol. The number of amides is 2. The first-order chi connectivity index (χ1) is 14.0. The number of halogens is 2. The summed E-state index contributed by atoms with van der Waals surface area (Å²) in [6, 6.07) is 4.15. The van der Waals surface area contributed by atoms with E-state index in [-0.39, 0.29) is 28.5 Å². The number of nitrogens with zero attached hydrogens (tertiary/aromatic N) is 3. The molecule has 1 aromatic heterocycles. The van der Waals surface area contributed by atoms with E-state index in [2.05, 4.69) is 5.10 Å². The zero-order chi connectivity index (χ0) is 21.8. The first-order valence-corrected chi connectivity index (χ1v) is 10.1. The van der Waals surface area contributed by atoms with Gasteiger partial charge in [0.1, 0.15) is 17.1 Å². The average molecular weight is 435 g/mol. The van der Waals surface area contributed by atoms with Gasteiger partial charge in [0.25, 0.3) is 5.91 Å². The Morgan fingerprint density at radius 1 is 1.33 bits per heavy atom. The number of nitrogens with two attached hydrogens (primary N) is 1. The van der Waals surface area contributed by atoms with Crippen LogP contribution in [0.25, 0.3) is 11.3 Å². The minimum atomic E-state index is -0.660. The summed E-state index contributed by atoms with van der Waals surface area (Å²) in [5.41, 5.74) is 6.61. The van der Waals surface area contributed by atoms with Gasteiger partial charge in [0.15, 0.2) is 0 Å². The van der Waals surface area contributed by atoms with Gasteiger partial charge in [-0.25, -0.2) is 4.39 Å². The van der Waals surface area contributed by atoms with E-state index in [4.69, 9.17) is 22.1 Å². The number of benzene rings is 1. The van der Waals surface area contributed by atoms with E-state index in [1.54, 1.807) is 9.58 Å². The number of carbonyl (C=O) groups excluding carboxylic acids is 2. The van der Waals surface area contributed by atoms with E-state index >= 15 is 0 Å². The van der Waals surface area contributed by atoms with Gasteiger partial charge in [-0.1, -0.05) is 32.4 Å². The lowest BCUT2D eigenvalue weighted by Crippen LogP contribution is -2.63. The fourth-order valence-corrected chi connectivity index (χ4v) is 4.23. The maximum absolute atomic E-state index is 13.7. The van der Waals surface area contributed by atoms with E-state index in [1.807, 2.05) is 20.8 Å². The molecule has 9 heteroatoms. The van der Waals surface area contributed by atoms with Crippen LogP contribution in [0.4, 0.5) is 4.39 Å². The molecule has 0 aliphatic carbocycles. The molecule has 0 bridgehead atoms. The lowest BCUT2D eigenvalue weighted by atomic mass is 9.89. The number of carbonyl (C=O) groups is 2. The van der Waals surface area contributed by atoms with E-state index in [1.165, 1.54) is 18.2 Å². The number of hydrogen-bond donors (Lipinski definition) is 1. The summed E-state index contributed by atoms with van der Waals surface area (Å²) >= 11 is 5.94. The summed E-state index contributed by atoms with van der Waals surface area (Å²) < 4.78 is 20.9. The number of rotatable bonds is 3. The summed E-state index contributed by atoms with van der Waals surface area (Å²) in [4.78, 5) is 27.2. The summed E-state index contributed by atoms with van der Waals surface area (Å²) in [6.45, 7) is 7.44. The van der Waals surface area contributed by atoms with Gasteiger partial charge in [-0.2, -0.15) is 5.10 Å². The second-order valence-electron chi connectivity index (χ2n) is 9.28. The third-order valence-electron chi connectivity index (χ3n) is 5.47. The average Bonchev–Trinajstić information content (AvgIpc) is 3.00. The predicted octanol–water partition coefficient (Wildman–Crippen LogP) is 2.95. The van der Waals surface area contributed by atoms with Gasteiger partial charge in [0.05, 0.1) is 42.6 Å². The van der Waals surface area contributed by atoms with Crippen molar-refractivity contribution >= 4 is 23.4 Å². The Balaban J connectivity index is 1.82. The van der Waals surface area contributed by atoms with Crippen molar-refractivity contribution in [2.45, 2.75) is 39.3 Å². The van der Waals surface area contributed by atoms with Crippen molar-refractivity contribution in [2.24, 2.45) is 11.1 Å². The van der Waals surface area contributed by atoms with E-state index in [0.717, 1.165) is 0 Å². The topological polar surface area (TPSA) is 90.5 Å². The zero-order valence-corrected chi connectivity index (χ0v) is 17.9. The molecule has 1 aromatic carbocycles. The normalized spacial score (nSPS) is 17.6. The maximum Gasteiger partial charge on any atom is 0.252 e. The Hall–Kier alpha value is -2.45. The molecule has 1 fully saturated rings. The van der Waals surface area contributed by atoms with Crippen LogP contribution in [0.3, 0.4) is 0 Å². The fourth-order valence-electron chi connectivity index (χ4n) is 4.05. The minimum Gasteiger partial charge on any atom is -0.376 e. The fraction of sp³-hybridized carbons (Fsp3) is 0.476. The highest BCUT2D eigenvalue weighted by Crippen LogP contribution is 2.39. The zero-order valence-electron chi connectivity index (χ0n) is 17.2. The highest BCUT2D eigenvalue weighted by Gasteiger charge is 2.49. The Labute approximate surface area is 178 Å². The Kier molecular flexibility index (Phi) is 4.90. The van der Waals surface area contributed by atoms with Crippen LogP contribution in [0.1, 0.15) is 43.2 Å². The number of aromatic nitrogens is 2. The Morgan fingerprint density at radius 2 is 2.03 bits per heavy atom. The van der Waals surface area contributed by atoms with Crippen LogP contribution in [0.15, 0.2) is 18.2 Å². The lowest BCUT2D eigenvalue weighted by Gasteiger charge is -2.48. The third-order valence-corrected chi connectivity index (χ3v) is 5.76. The molecular formula is C21H24ClFN4O3. The minimum absolute atomic E-state index is 0.00280. The number of hydrogen-bond acceptors (Lipinski definition) is 4. The first kappa shape index (κ1) is 20.8. The Bertz CT molecular complexity index is 1040. The summed E-state index contributed by atoms with van der Waals surface area (Å²) in [5, 5.41) is 4.60. The van der Waals surface area contributed by atoms with Crippen molar-refractivity contribution < 1.29 is 18.7 Å². The van der Waals surface area contributed by atoms with E-state index in [9.17, 15) is 14.0 Å². The van der Waals surface area contributed by atoms with Gasteiger partial charge < -0.3 is 15.4 Å².